The normalized spacial score (nSPS) is 22.1. The summed E-state index contributed by atoms with van der Waals surface area (Å²) < 4.78 is 25.9. The molecule has 8 heteroatoms. The topological polar surface area (TPSA) is 74.0 Å². The van der Waals surface area contributed by atoms with Crippen molar-refractivity contribution in [3.8, 4) is 0 Å². The van der Waals surface area contributed by atoms with Gasteiger partial charge in [0.15, 0.2) is 10.0 Å². The van der Waals surface area contributed by atoms with Crippen LogP contribution in [0, 0.1) is 0 Å². The Morgan fingerprint density at radius 1 is 1.53 bits per heavy atom. The summed E-state index contributed by atoms with van der Waals surface area (Å²) in [6, 6.07) is 6.64. The Bertz CT molecular complexity index is 618. The lowest BCUT2D eigenvalue weighted by atomic mass is 10.3. The van der Waals surface area contributed by atoms with Crippen LogP contribution in [-0.4, -0.2) is 25.3 Å². The summed E-state index contributed by atoms with van der Waals surface area (Å²) in [6.07, 6.45) is 0. The fraction of sp³-hybridized carbons (Fsp3) is 0.111. The van der Waals surface area contributed by atoms with Crippen LogP contribution in [0.3, 0.4) is 0 Å². The molecule has 0 amide bonds. The van der Waals surface area contributed by atoms with Gasteiger partial charge in [0, 0.05) is 7.05 Å². The lowest BCUT2D eigenvalue weighted by Crippen LogP contribution is -2.15. The highest BCUT2D eigenvalue weighted by Gasteiger charge is 2.20. The minimum absolute atomic E-state index is 0.190. The van der Waals surface area contributed by atoms with Crippen LogP contribution in [0.15, 0.2) is 38.5 Å². The second-order valence-corrected chi connectivity index (χ2v) is 6.35. The number of rotatable bonds is 0. The third-order valence-electron chi connectivity index (χ3n) is 1.96. The lowest BCUT2D eigenvalue weighted by Gasteiger charge is -2.12. The van der Waals surface area contributed by atoms with Crippen LogP contribution in [0.25, 0.3) is 0 Å². The molecular weight excluding hydrogens is 278 g/mol. The van der Waals surface area contributed by atoms with Gasteiger partial charge in [-0.15, -0.1) is 4.36 Å². The smallest absolute Gasteiger partial charge is 0.206 e. The summed E-state index contributed by atoms with van der Waals surface area (Å²) in [4.78, 5) is 4.41. The predicted molar refractivity (Wildman–Crippen MR) is 74.3 cm³/mol. The molecule has 0 fully saturated rings. The van der Waals surface area contributed by atoms with Crippen LogP contribution >= 0.6 is 24.0 Å². The van der Waals surface area contributed by atoms with Gasteiger partial charge < -0.3 is 5.32 Å². The Kier molecular flexibility index (Phi) is 3.48. The number of fused-ring (bicyclic) bond motifs is 1. The van der Waals surface area contributed by atoms with Crippen molar-refractivity contribution >= 4 is 49.2 Å². The summed E-state index contributed by atoms with van der Waals surface area (Å²) in [7, 11) is -1.74. The van der Waals surface area contributed by atoms with E-state index in [1.807, 2.05) is 0 Å². The maximum absolute atomic E-state index is 11.9. The van der Waals surface area contributed by atoms with E-state index in [4.69, 9.17) is 12.2 Å². The van der Waals surface area contributed by atoms with Gasteiger partial charge in [0.05, 0.1) is 10.6 Å². The molecule has 5 nitrogen and oxygen atoms in total. The molecule has 17 heavy (non-hydrogen) atoms. The van der Waals surface area contributed by atoms with E-state index in [0.29, 0.717) is 10.0 Å². The molecule has 1 aliphatic rings. The number of benzene rings is 1. The average Bonchev–Trinajstić information content (AvgIpc) is 2.28. The molecule has 1 heterocycles. The van der Waals surface area contributed by atoms with Gasteiger partial charge in [0.25, 0.3) is 0 Å². The Morgan fingerprint density at radius 2 is 2.24 bits per heavy atom. The summed E-state index contributed by atoms with van der Waals surface area (Å²) >= 11 is 6.00. The summed E-state index contributed by atoms with van der Waals surface area (Å²) in [6.45, 7) is 0. The maximum Gasteiger partial charge on any atom is 0.206 e. The van der Waals surface area contributed by atoms with E-state index in [1.54, 1.807) is 31.3 Å². The van der Waals surface area contributed by atoms with Gasteiger partial charge in [-0.2, -0.15) is 0 Å². The first-order valence-electron chi connectivity index (χ1n) is 4.60. The van der Waals surface area contributed by atoms with E-state index >= 15 is 0 Å². The molecule has 0 radical (unpaired) electrons. The minimum Gasteiger partial charge on any atom is -0.374 e. The number of thioether (sulfide) groups is 1. The first-order chi connectivity index (χ1) is 8.03. The number of nitrogens with one attached hydrogen (secondary N) is 1. The van der Waals surface area contributed by atoms with E-state index < -0.39 is 10.0 Å². The summed E-state index contributed by atoms with van der Waals surface area (Å²) in [5.41, 5.74) is 0.455. The fourth-order valence-electron chi connectivity index (χ4n) is 1.23. The third-order valence-corrected chi connectivity index (χ3v) is 4.62. The summed E-state index contributed by atoms with van der Waals surface area (Å²) in [5.74, 6) is 0. The van der Waals surface area contributed by atoms with Crippen LogP contribution in [0.1, 0.15) is 0 Å². The van der Waals surface area contributed by atoms with E-state index in [2.05, 4.69) is 14.7 Å². The number of hydrogen-bond donors (Lipinski definition) is 2. The van der Waals surface area contributed by atoms with Crippen LogP contribution in [0.2, 0.25) is 0 Å². The maximum atomic E-state index is 11.9. The molecule has 0 bridgehead atoms. The molecule has 0 saturated carbocycles. The third kappa shape index (κ3) is 2.65. The van der Waals surface area contributed by atoms with Gasteiger partial charge >= 0.3 is 0 Å². The van der Waals surface area contributed by atoms with Crippen LogP contribution in [0.4, 0.5) is 5.69 Å². The van der Waals surface area contributed by atoms with Crippen molar-refractivity contribution in [2.24, 2.45) is 9.36 Å². The first-order valence-corrected chi connectivity index (χ1v) is 7.29. The standard InChI is InChI=1S/C9H9N3O2S3/c1-10-9(15)16-8-11-6-4-2-3-5-7(6)17(13,14)12-8/h2-5H,1H3,(H,10,15)(H,11,12,13,14). The Balaban J connectivity index is 2.48. The zero-order valence-corrected chi connectivity index (χ0v) is 11.2. The van der Waals surface area contributed by atoms with E-state index in [9.17, 15) is 8.76 Å². The molecule has 0 spiro atoms. The zero-order valence-electron chi connectivity index (χ0n) is 8.78. The monoisotopic (exact) mass is 287 g/mol. The molecule has 1 aromatic rings. The van der Waals surface area contributed by atoms with Crippen molar-refractivity contribution < 1.29 is 8.76 Å². The lowest BCUT2D eigenvalue weighted by molar-refractivity contribution is 0.552. The molecule has 90 valence electrons. The number of hydrogen-bond acceptors (Lipinski definition) is 5. The fourth-order valence-corrected chi connectivity index (χ4v) is 3.31. The molecule has 1 atom stereocenters. The van der Waals surface area contributed by atoms with Crippen LogP contribution < -0.4 is 5.32 Å². The van der Waals surface area contributed by atoms with E-state index in [-0.39, 0.29) is 10.1 Å². The van der Waals surface area contributed by atoms with Gasteiger partial charge in [-0.1, -0.05) is 24.4 Å². The largest absolute Gasteiger partial charge is 0.374 e. The summed E-state index contributed by atoms with van der Waals surface area (Å²) in [5, 5.41) is 2.93. The average molecular weight is 287 g/mol. The Labute approximate surface area is 109 Å². The predicted octanol–water partition coefficient (Wildman–Crippen LogP) is 2.23. The second-order valence-electron chi connectivity index (χ2n) is 3.09. The number of aliphatic imine (C=N–C) groups is 1. The van der Waals surface area contributed by atoms with Crippen LogP contribution in [0.5, 0.6) is 0 Å². The minimum atomic E-state index is -3.41. The first kappa shape index (κ1) is 12.5. The zero-order chi connectivity index (χ0) is 12.5. The van der Waals surface area contributed by atoms with Crippen molar-refractivity contribution in [1.82, 2.24) is 5.32 Å². The van der Waals surface area contributed by atoms with Crippen molar-refractivity contribution in [2.75, 3.05) is 7.05 Å². The number of para-hydroxylation sites is 1. The highest BCUT2D eigenvalue weighted by molar-refractivity contribution is 8.33. The van der Waals surface area contributed by atoms with Gasteiger partial charge in [0.2, 0.25) is 5.17 Å². The van der Waals surface area contributed by atoms with Gasteiger partial charge in [-0.05, 0) is 23.9 Å². The number of thiocarbonyl (C=S) groups is 1. The molecule has 1 aromatic carbocycles. The Hall–Kier alpha value is -0.960. The molecule has 2 rings (SSSR count). The SMILES string of the molecule is CNC(=S)SC1=Nc2ccccc2S(=O)(O)=N1. The van der Waals surface area contributed by atoms with Gasteiger partial charge in [-0.25, -0.2) is 9.20 Å². The highest BCUT2D eigenvalue weighted by atomic mass is 32.2. The van der Waals surface area contributed by atoms with Crippen molar-refractivity contribution in [3.63, 3.8) is 0 Å². The number of amidine groups is 1. The van der Waals surface area contributed by atoms with Crippen molar-refractivity contribution in [3.05, 3.63) is 24.3 Å². The highest BCUT2D eigenvalue weighted by Crippen LogP contribution is 2.31. The van der Waals surface area contributed by atoms with Gasteiger partial charge in [-0.3, -0.25) is 4.55 Å². The molecule has 2 N–H and O–H groups in total. The number of nitrogens with zero attached hydrogens (tertiary/aromatic N) is 2. The second kappa shape index (κ2) is 4.73. The van der Waals surface area contributed by atoms with Crippen LogP contribution in [-0.2, 0) is 10.0 Å². The van der Waals surface area contributed by atoms with Crippen molar-refractivity contribution in [2.45, 2.75) is 4.90 Å². The molecule has 1 aliphatic heterocycles. The van der Waals surface area contributed by atoms with Crippen molar-refractivity contribution in [1.29, 1.82) is 0 Å². The molecule has 0 aromatic heterocycles. The molecule has 0 saturated heterocycles. The molecular formula is C9H9N3O2S3. The molecule has 0 aliphatic carbocycles. The van der Waals surface area contributed by atoms with E-state index in [1.165, 1.54) is 0 Å². The quantitative estimate of drug-likeness (QED) is 0.716. The van der Waals surface area contributed by atoms with E-state index in [0.717, 1.165) is 11.8 Å². The molecule has 1 unspecified atom stereocenters. The van der Waals surface area contributed by atoms with Gasteiger partial charge in [0.1, 0.15) is 4.32 Å². The Morgan fingerprint density at radius 3 is 2.94 bits per heavy atom.